The Labute approximate surface area is 121 Å². The predicted molar refractivity (Wildman–Crippen MR) is 85.8 cm³/mol. The van der Waals surface area contributed by atoms with Gasteiger partial charge in [0.1, 0.15) is 0 Å². The number of rotatable bonds is 8. The fourth-order valence-electron chi connectivity index (χ4n) is 2.62. The van der Waals surface area contributed by atoms with Crippen molar-refractivity contribution in [2.24, 2.45) is 7.05 Å². The van der Waals surface area contributed by atoms with E-state index in [9.17, 15) is 0 Å². The van der Waals surface area contributed by atoms with E-state index in [1.54, 1.807) is 0 Å². The molecule has 0 radical (unpaired) electrons. The van der Waals surface area contributed by atoms with Crippen LogP contribution in [0.2, 0.25) is 0 Å². The Morgan fingerprint density at radius 3 is 2.95 bits per heavy atom. The molecular formula is C17H25N3. The molecule has 0 aliphatic rings. The summed E-state index contributed by atoms with van der Waals surface area (Å²) in [5.74, 6) is 0. The second kappa shape index (κ2) is 7.25. The van der Waals surface area contributed by atoms with Crippen molar-refractivity contribution in [1.29, 1.82) is 0 Å². The van der Waals surface area contributed by atoms with Crippen LogP contribution in [-0.4, -0.2) is 16.3 Å². The molecule has 0 aliphatic heterocycles. The predicted octanol–water partition coefficient (Wildman–Crippen LogP) is 3.97. The average molecular weight is 271 g/mol. The fraction of sp³-hybridized carbons (Fsp3) is 0.471. The molecule has 20 heavy (non-hydrogen) atoms. The Morgan fingerprint density at radius 1 is 1.40 bits per heavy atom. The largest absolute Gasteiger partial charge is 0.309 e. The van der Waals surface area contributed by atoms with Crippen molar-refractivity contribution < 1.29 is 0 Å². The summed E-state index contributed by atoms with van der Waals surface area (Å²) in [7, 11) is 2.02. The van der Waals surface area contributed by atoms with Crippen molar-refractivity contribution in [1.82, 2.24) is 15.1 Å². The number of para-hydroxylation sites is 1. The van der Waals surface area contributed by atoms with E-state index < -0.39 is 0 Å². The van der Waals surface area contributed by atoms with E-state index in [2.05, 4.69) is 43.1 Å². The van der Waals surface area contributed by atoms with Gasteiger partial charge in [0.05, 0.1) is 17.3 Å². The lowest BCUT2D eigenvalue weighted by Crippen LogP contribution is -2.23. The SMILES string of the molecule is C=CCCCC(NCCC)c1nn(C)c2ccccc12. The normalized spacial score (nSPS) is 12.7. The first-order chi connectivity index (χ1) is 9.77. The summed E-state index contributed by atoms with van der Waals surface area (Å²) < 4.78 is 1.98. The minimum Gasteiger partial charge on any atom is -0.309 e. The van der Waals surface area contributed by atoms with E-state index in [4.69, 9.17) is 5.10 Å². The quantitative estimate of drug-likeness (QED) is 0.581. The molecule has 2 rings (SSSR count). The topological polar surface area (TPSA) is 29.9 Å². The molecule has 1 heterocycles. The van der Waals surface area contributed by atoms with Crippen LogP contribution in [0.15, 0.2) is 36.9 Å². The first kappa shape index (κ1) is 14.8. The van der Waals surface area contributed by atoms with Gasteiger partial charge in [-0.3, -0.25) is 4.68 Å². The molecule has 0 bridgehead atoms. The molecule has 3 heteroatoms. The standard InChI is InChI=1S/C17H25N3/c1-4-6-7-11-15(18-13-5-2)17-14-10-8-9-12-16(14)20(3)19-17/h4,8-10,12,15,18H,1,5-7,11,13H2,2-3H3. The van der Waals surface area contributed by atoms with Crippen molar-refractivity contribution >= 4 is 10.9 Å². The third-order valence-electron chi connectivity index (χ3n) is 3.66. The molecule has 1 atom stereocenters. The van der Waals surface area contributed by atoms with Crippen LogP contribution in [0.3, 0.4) is 0 Å². The van der Waals surface area contributed by atoms with Gasteiger partial charge in [0, 0.05) is 12.4 Å². The third-order valence-corrected chi connectivity index (χ3v) is 3.66. The van der Waals surface area contributed by atoms with E-state index in [-0.39, 0.29) is 0 Å². The van der Waals surface area contributed by atoms with Gasteiger partial charge in [0.15, 0.2) is 0 Å². The zero-order valence-corrected chi connectivity index (χ0v) is 12.6. The molecule has 2 aromatic rings. The van der Waals surface area contributed by atoms with Crippen LogP contribution in [-0.2, 0) is 7.05 Å². The lowest BCUT2D eigenvalue weighted by atomic mass is 10.0. The maximum absolute atomic E-state index is 4.75. The Morgan fingerprint density at radius 2 is 2.20 bits per heavy atom. The van der Waals surface area contributed by atoms with E-state index in [0.717, 1.165) is 32.2 Å². The van der Waals surface area contributed by atoms with Gasteiger partial charge in [-0.05, 0) is 38.3 Å². The average Bonchev–Trinajstić information content (AvgIpc) is 2.81. The van der Waals surface area contributed by atoms with Crippen LogP contribution in [0.5, 0.6) is 0 Å². The molecule has 3 nitrogen and oxygen atoms in total. The van der Waals surface area contributed by atoms with Gasteiger partial charge in [-0.25, -0.2) is 0 Å². The van der Waals surface area contributed by atoms with E-state index >= 15 is 0 Å². The highest BCUT2D eigenvalue weighted by molar-refractivity contribution is 5.82. The van der Waals surface area contributed by atoms with Gasteiger partial charge in [-0.15, -0.1) is 6.58 Å². The van der Waals surface area contributed by atoms with Crippen LogP contribution in [0.1, 0.15) is 44.3 Å². The number of benzene rings is 1. The minimum absolute atomic E-state index is 0.334. The van der Waals surface area contributed by atoms with Gasteiger partial charge >= 0.3 is 0 Å². The fourth-order valence-corrected chi connectivity index (χ4v) is 2.62. The molecule has 0 saturated heterocycles. The number of nitrogens with zero attached hydrogens (tertiary/aromatic N) is 2. The number of aryl methyl sites for hydroxylation is 1. The lowest BCUT2D eigenvalue weighted by Gasteiger charge is -2.16. The Hall–Kier alpha value is -1.61. The molecule has 0 amide bonds. The van der Waals surface area contributed by atoms with Gasteiger partial charge in [-0.1, -0.05) is 31.2 Å². The van der Waals surface area contributed by atoms with Gasteiger partial charge in [0.2, 0.25) is 0 Å². The molecular weight excluding hydrogens is 246 g/mol. The molecule has 0 aliphatic carbocycles. The molecule has 108 valence electrons. The van der Waals surface area contributed by atoms with Crippen LogP contribution in [0.25, 0.3) is 10.9 Å². The van der Waals surface area contributed by atoms with Crippen molar-refractivity contribution in [3.05, 3.63) is 42.6 Å². The Balaban J connectivity index is 2.27. The highest BCUT2D eigenvalue weighted by Gasteiger charge is 2.17. The van der Waals surface area contributed by atoms with Crippen molar-refractivity contribution in [2.75, 3.05) is 6.54 Å². The number of allylic oxidation sites excluding steroid dienone is 1. The van der Waals surface area contributed by atoms with Crippen LogP contribution in [0, 0.1) is 0 Å². The first-order valence-corrected chi connectivity index (χ1v) is 7.53. The number of aromatic nitrogens is 2. The number of unbranched alkanes of at least 4 members (excludes halogenated alkanes) is 1. The highest BCUT2D eigenvalue weighted by Crippen LogP contribution is 2.26. The zero-order valence-electron chi connectivity index (χ0n) is 12.6. The maximum atomic E-state index is 4.75. The number of hydrogen-bond acceptors (Lipinski definition) is 2. The monoisotopic (exact) mass is 271 g/mol. The molecule has 0 fully saturated rings. The van der Waals surface area contributed by atoms with E-state index in [0.29, 0.717) is 6.04 Å². The molecule has 1 aromatic carbocycles. The molecule has 0 spiro atoms. The maximum Gasteiger partial charge on any atom is 0.0872 e. The van der Waals surface area contributed by atoms with Crippen molar-refractivity contribution in [3.8, 4) is 0 Å². The first-order valence-electron chi connectivity index (χ1n) is 7.53. The zero-order chi connectivity index (χ0) is 14.4. The molecule has 1 unspecified atom stereocenters. The van der Waals surface area contributed by atoms with Gasteiger partial charge in [-0.2, -0.15) is 5.10 Å². The van der Waals surface area contributed by atoms with Gasteiger partial charge < -0.3 is 5.32 Å². The number of fused-ring (bicyclic) bond motifs is 1. The van der Waals surface area contributed by atoms with Crippen LogP contribution >= 0.6 is 0 Å². The van der Waals surface area contributed by atoms with Crippen LogP contribution in [0.4, 0.5) is 0 Å². The van der Waals surface area contributed by atoms with Crippen molar-refractivity contribution in [2.45, 2.75) is 38.6 Å². The lowest BCUT2D eigenvalue weighted by molar-refractivity contribution is 0.474. The number of nitrogens with one attached hydrogen (secondary N) is 1. The van der Waals surface area contributed by atoms with Crippen LogP contribution < -0.4 is 5.32 Å². The summed E-state index contributed by atoms with van der Waals surface area (Å²) >= 11 is 0. The second-order valence-electron chi connectivity index (χ2n) is 5.25. The van der Waals surface area contributed by atoms with Crippen molar-refractivity contribution in [3.63, 3.8) is 0 Å². The summed E-state index contributed by atoms with van der Waals surface area (Å²) in [4.78, 5) is 0. The summed E-state index contributed by atoms with van der Waals surface area (Å²) in [5.41, 5.74) is 2.38. The highest BCUT2D eigenvalue weighted by atomic mass is 15.3. The smallest absolute Gasteiger partial charge is 0.0872 e. The van der Waals surface area contributed by atoms with E-state index in [1.165, 1.54) is 16.6 Å². The molecule has 0 saturated carbocycles. The molecule has 1 aromatic heterocycles. The minimum atomic E-state index is 0.334. The number of hydrogen-bond donors (Lipinski definition) is 1. The van der Waals surface area contributed by atoms with E-state index in [1.807, 2.05) is 17.8 Å². The molecule has 1 N–H and O–H groups in total. The Bertz CT molecular complexity index is 556. The Kier molecular flexibility index (Phi) is 5.36. The van der Waals surface area contributed by atoms with Gasteiger partial charge in [0.25, 0.3) is 0 Å². The second-order valence-corrected chi connectivity index (χ2v) is 5.25. The summed E-state index contributed by atoms with van der Waals surface area (Å²) in [6.07, 6.45) is 6.45. The summed E-state index contributed by atoms with van der Waals surface area (Å²) in [5, 5.41) is 9.66. The summed E-state index contributed by atoms with van der Waals surface area (Å²) in [6, 6.07) is 8.80. The third kappa shape index (κ3) is 3.28. The summed E-state index contributed by atoms with van der Waals surface area (Å²) in [6.45, 7) is 7.04.